The summed E-state index contributed by atoms with van der Waals surface area (Å²) in [5.41, 5.74) is 1.04. The smallest absolute Gasteiger partial charge is 0.124 e. The van der Waals surface area contributed by atoms with Crippen LogP contribution in [0.25, 0.3) is 0 Å². The van der Waals surface area contributed by atoms with Crippen LogP contribution in [0.4, 0.5) is 4.39 Å². The highest BCUT2D eigenvalue weighted by Gasteiger charge is 2.31. The highest BCUT2D eigenvalue weighted by Crippen LogP contribution is 2.38. The molecule has 0 aliphatic carbocycles. The molecule has 0 saturated carbocycles. The van der Waals surface area contributed by atoms with Gasteiger partial charge in [0.05, 0.1) is 0 Å². The van der Waals surface area contributed by atoms with E-state index < -0.39 is 0 Å². The minimum Gasteiger partial charge on any atom is -0.319 e. The van der Waals surface area contributed by atoms with Gasteiger partial charge < -0.3 is 5.32 Å². The van der Waals surface area contributed by atoms with E-state index in [1.165, 1.54) is 25.0 Å². The second-order valence-corrected chi connectivity index (χ2v) is 5.46. The average molecular weight is 271 g/mol. The number of likely N-dealkylation sites (tertiary alicyclic amines) is 1. The fraction of sp³-hybridized carbons (Fsp3) is 0.571. The Morgan fingerprint density at radius 2 is 2.28 bits per heavy atom. The molecule has 1 N–H and O–H groups in total. The lowest BCUT2D eigenvalue weighted by Crippen LogP contribution is -2.40. The summed E-state index contributed by atoms with van der Waals surface area (Å²) in [4.78, 5) is 2.32. The van der Waals surface area contributed by atoms with Crippen molar-refractivity contribution >= 4 is 11.6 Å². The van der Waals surface area contributed by atoms with Crippen molar-refractivity contribution in [3.8, 4) is 0 Å². The Kier molecular flexibility index (Phi) is 4.60. The number of rotatable bonds is 3. The van der Waals surface area contributed by atoms with Crippen LogP contribution < -0.4 is 5.32 Å². The van der Waals surface area contributed by atoms with Crippen LogP contribution in [-0.2, 0) is 0 Å². The molecule has 2 unspecified atom stereocenters. The van der Waals surface area contributed by atoms with Crippen LogP contribution in [0.3, 0.4) is 0 Å². The molecule has 2 rings (SSSR count). The van der Waals surface area contributed by atoms with Crippen LogP contribution in [0.15, 0.2) is 18.2 Å². The molecule has 1 heterocycles. The fourth-order valence-electron chi connectivity index (χ4n) is 2.97. The van der Waals surface area contributed by atoms with Gasteiger partial charge in [0.1, 0.15) is 5.82 Å². The number of hydrogen-bond donors (Lipinski definition) is 1. The first-order chi connectivity index (χ1) is 8.63. The molecule has 1 aliphatic rings. The van der Waals surface area contributed by atoms with Gasteiger partial charge in [-0.1, -0.05) is 17.7 Å². The van der Waals surface area contributed by atoms with Gasteiger partial charge in [0.2, 0.25) is 0 Å². The molecule has 0 bridgehead atoms. The molecule has 0 amide bonds. The zero-order valence-corrected chi connectivity index (χ0v) is 11.7. The summed E-state index contributed by atoms with van der Waals surface area (Å²) in [6, 6.07) is 5.02. The van der Waals surface area contributed by atoms with E-state index in [0.29, 0.717) is 10.9 Å². The van der Waals surface area contributed by atoms with Crippen molar-refractivity contribution in [2.45, 2.75) is 18.9 Å². The second-order valence-electron chi connectivity index (χ2n) is 5.05. The van der Waals surface area contributed by atoms with Crippen LogP contribution in [0.2, 0.25) is 5.02 Å². The third kappa shape index (κ3) is 2.85. The normalized spacial score (nSPS) is 25.3. The second kappa shape index (κ2) is 6.00. The number of piperidine rings is 1. The zero-order valence-electron chi connectivity index (χ0n) is 10.9. The van der Waals surface area contributed by atoms with Gasteiger partial charge in [0, 0.05) is 11.1 Å². The Bertz CT molecular complexity index is 409. The van der Waals surface area contributed by atoms with Crippen LogP contribution in [0.1, 0.15) is 24.4 Å². The summed E-state index contributed by atoms with van der Waals surface area (Å²) < 4.78 is 13.1. The molecule has 100 valence electrons. The third-order valence-electron chi connectivity index (χ3n) is 3.75. The topological polar surface area (TPSA) is 15.3 Å². The molecular formula is C14H20ClFN2. The molecule has 18 heavy (non-hydrogen) atoms. The van der Waals surface area contributed by atoms with Crippen LogP contribution >= 0.6 is 11.6 Å². The van der Waals surface area contributed by atoms with E-state index in [-0.39, 0.29) is 11.9 Å². The van der Waals surface area contributed by atoms with Crippen molar-refractivity contribution in [3.05, 3.63) is 34.6 Å². The lowest BCUT2D eigenvalue weighted by molar-refractivity contribution is 0.121. The molecule has 4 heteroatoms. The van der Waals surface area contributed by atoms with E-state index in [1.54, 1.807) is 0 Å². The molecule has 2 atom stereocenters. The van der Waals surface area contributed by atoms with Gasteiger partial charge in [-0.25, -0.2) is 4.39 Å². The number of hydrogen-bond acceptors (Lipinski definition) is 2. The Balaban J connectivity index is 2.31. The summed E-state index contributed by atoms with van der Waals surface area (Å²) in [7, 11) is 4.09. The molecule has 0 spiro atoms. The predicted molar refractivity (Wildman–Crippen MR) is 73.4 cm³/mol. The van der Waals surface area contributed by atoms with Gasteiger partial charge in [-0.3, -0.25) is 4.90 Å². The van der Waals surface area contributed by atoms with Crippen molar-refractivity contribution in [2.24, 2.45) is 5.92 Å². The molecule has 0 aromatic heterocycles. The Hall–Kier alpha value is -0.640. The van der Waals surface area contributed by atoms with E-state index in [0.717, 1.165) is 18.7 Å². The summed E-state index contributed by atoms with van der Waals surface area (Å²) in [5.74, 6) is 0.254. The van der Waals surface area contributed by atoms with Gasteiger partial charge in [0.25, 0.3) is 0 Å². The van der Waals surface area contributed by atoms with Gasteiger partial charge in [0.15, 0.2) is 0 Å². The molecular weight excluding hydrogens is 251 g/mol. The lowest BCUT2D eigenvalue weighted by atomic mass is 9.85. The summed E-state index contributed by atoms with van der Waals surface area (Å²) >= 11 is 6.21. The Morgan fingerprint density at radius 1 is 1.50 bits per heavy atom. The highest BCUT2D eigenvalue weighted by atomic mass is 35.5. The molecule has 0 radical (unpaired) electrons. The molecule has 1 aromatic carbocycles. The van der Waals surface area contributed by atoms with Gasteiger partial charge in [-0.05, 0) is 63.6 Å². The summed E-state index contributed by atoms with van der Waals surface area (Å²) in [6.45, 7) is 2.03. The number of nitrogens with one attached hydrogen (secondary N) is 1. The fourth-order valence-corrected chi connectivity index (χ4v) is 3.25. The van der Waals surface area contributed by atoms with Crippen LogP contribution in [-0.4, -0.2) is 32.1 Å². The molecule has 1 saturated heterocycles. The maximum Gasteiger partial charge on any atom is 0.124 e. The average Bonchev–Trinajstić information content (AvgIpc) is 2.31. The third-order valence-corrected chi connectivity index (χ3v) is 4.08. The van der Waals surface area contributed by atoms with Crippen molar-refractivity contribution in [1.82, 2.24) is 10.2 Å². The van der Waals surface area contributed by atoms with E-state index in [9.17, 15) is 4.39 Å². The van der Waals surface area contributed by atoms with Gasteiger partial charge in [-0.2, -0.15) is 0 Å². The Morgan fingerprint density at radius 3 is 2.94 bits per heavy atom. The first-order valence-corrected chi connectivity index (χ1v) is 6.81. The summed E-state index contributed by atoms with van der Waals surface area (Å²) in [6.07, 6.45) is 2.39. The maximum absolute atomic E-state index is 13.1. The van der Waals surface area contributed by atoms with E-state index in [2.05, 4.69) is 17.3 Å². The SMILES string of the molecule is CNCC1CCCN(C)C1c1ccc(F)cc1Cl. The van der Waals surface area contributed by atoms with E-state index in [1.807, 2.05) is 13.1 Å². The predicted octanol–water partition coefficient (Wildman–Crippen LogP) is 3.08. The number of nitrogens with zero attached hydrogens (tertiary/aromatic N) is 1. The van der Waals surface area contributed by atoms with Crippen molar-refractivity contribution in [1.29, 1.82) is 0 Å². The minimum absolute atomic E-state index is 0.271. The molecule has 1 aromatic rings. The van der Waals surface area contributed by atoms with Crippen molar-refractivity contribution in [2.75, 3.05) is 27.2 Å². The van der Waals surface area contributed by atoms with E-state index >= 15 is 0 Å². The first-order valence-electron chi connectivity index (χ1n) is 6.43. The van der Waals surface area contributed by atoms with Crippen molar-refractivity contribution in [3.63, 3.8) is 0 Å². The number of benzene rings is 1. The Labute approximate surface area is 113 Å². The van der Waals surface area contributed by atoms with Gasteiger partial charge >= 0.3 is 0 Å². The van der Waals surface area contributed by atoms with E-state index in [4.69, 9.17) is 11.6 Å². The van der Waals surface area contributed by atoms with Crippen LogP contribution in [0, 0.1) is 11.7 Å². The minimum atomic E-state index is -0.271. The quantitative estimate of drug-likeness (QED) is 0.908. The lowest BCUT2D eigenvalue weighted by Gasteiger charge is -2.40. The maximum atomic E-state index is 13.1. The zero-order chi connectivity index (χ0) is 13.1. The van der Waals surface area contributed by atoms with Gasteiger partial charge in [-0.15, -0.1) is 0 Å². The monoisotopic (exact) mass is 270 g/mol. The molecule has 2 nitrogen and oxygen atoms in total. The largest absolute Gasteiger partial charge is 0.319 e. The standard InChI is InChI=1S/C14H20ClFN2/c1-17-9-10-4-3-7-18(2)14(10)12-6-5-11(16)8-13(12)15/h5-6,8,10,14,17H,3-4,7,9H2,1-2H3. The summed E-state index contributed by atoms with van der Waals surface area (Å²) in [5, 5.41) is 3.78. The molecule has 1 aliphatic heterocycles. The molecule has 1 fully saturated rings. The van der Waals surface area contributed by atoms with Crippen molar-refractivity contribution < 1.29 is 4.39 Å². The highest BCUT2D eigenvalue weighted by molar-refractivity contribution is 6.31. The van der Waals surface area contributed by atoms with Crippen LogP contribution in [0.5, 0.6) is 0 Å². The number of halogens is 2. The first kappa shape index (κ1) is 13.8.